The van der Waals surface area contributed by atoms with Gasteiger partial charge < -0.3 is 16.4 Å². The van der Waals surface area contributed by atoms with Crippen molar-refractivity contribution in [3.05, 3.63) is 99.0 Å². The number of hydrogen-bond acceptors (Lipinski definition) is 2. The van der Waals surface area contributed by atoms with Gasteiger partial charge in [0, 0.05) is 21.3 Å². The normalized spacial score (nSPS) is 14.0. The Labute approximate surface area is 190 Å². The average Bonchev–Trinajstić information content (AvgIpc) is 3.15. The number of rotatable bonds is 5. The van der Waals surface area contributed by atoms with Gasteiger partial charge in [-0.15, -0.1) is 0 Å². The molecule has 0 aromatic heterocycles. The number of carbonyl (C=O) groups excluding carboxylic acids is 2. The molecule has 0 fully saturated rings. The van der Waals surface area contributed by atoms with Crippen LogP contribution in [0.15, 0.2) is 66.7 Å². The summed E-state index contributed by atoms with van der Waals surface area (Å²) in [5, 5.41) is 6.77. The maximum atomic E-state index is 12.8. The molecule has 0 saturated heterocycles. The standard InChI is InChI=1S/C24H21Cl2N3O2/c25-19-11-20(26)13-21(12-19)28-24(31)29-22(14-5-7-15(8-6-14)23(27)30)18-9-16-3-1-2-4-17(16)10-18/h1-8,11-13,18,22H,9-10H2,(H2,27,30)(H2,28,29,31). The van der Waals surface area contributed by atoms with Crippen molar-refractivity contribution in [3.63, 3.8) is 0 Å². The third-order valence-electron chi connectivity index (χ3n) is 5.52. The van der Waals surface area contributed by atoms with Gasteiger partial charge in [-0.05, 0) is 65.8 Å². The molecule has 1 atom stereocenters. The van der Waals surface area contributed by atoms with E-state index in [0.29, 0.717) is 21.3 Å². The fourth-order valence-corrected chi connectivity index (χ4v) is 4.62. The Morgan fingerprint density at radius 1 is 0.903 bits per heavy atom. The topological polar surface area (TPSA) is 84.2 Å². The van der Waals surface area contributed by atoms with Gasteiger partial charge in [-0.2, -0.15) is 0 Å². The molecule has 31 heavy (non-hydrogen) atoms. The van der Waals surface area contributed by atoms with Crippen LogP contribution in [0.2, 0.25) is 10.0 Å². The Morgan fingerprint density at radius 3 is 2.03 bits per heavy atom. The lowest BCUT2D eigenvalue weighted by Crippen LogP contribution is -2.37. The van der Waals surface area contributed by atoms with E-state index in [-0.39, 0.29) is 18.0 Å². The van der Waals surface area contributed by atoms with Crippen LogP contribution in [0.3, 0.4) is 0 Å². The molecule has 0 aliphatic heterocycles. The molecule has 0 bridgehead atoms. The first-order chi connectivity index (χ1) is 14.9. The molecule has 3 aromatic rings. The van der Waals surface area contributed by atoms with Crippen molar-refractivity contribution < 1.29 is 9.59 Å². The summed E-state index contributed by atoms with van der Waals surface area (Å²) in [5.41, 5.74) is 9.78. The fourth-order valence-electron chi connectivity index (χ4n) is 4.09. The van der Waals surface area contributed by atoms with Gasteiger partial charge in [0.25, 0.3) is 0 Å². The Bertz CT molecular complexity index is 1090. The first kappa shape index (κ1) is 21.2. The van der Waals surface area contributed by atoms with Gasteiger partial charge >= 0.3 is 6.03 Å². The number of amides is 3. The van der Waals surface area contributed by atoms with Crippen molar-refractivity contribution >= 4 is 40.8 Å². The first-order valence-corrected chi connectivity index (χ1v) is 10.6. The summed E-state index contributed by atoms with van der Waals surface area (Å²) in [5.74, 6) is -0.314. The number of urea groups is 1. The van der Waals surface area contributed by atoms with Gasteiger partial charge in [-0.25, -0.2) is 4.79 Å². The van der Waals surface area contributed by atoms with E-state index < -0.39 is 5.91 Å². The van der Waals surface area contributed by atoms with Gasteiger partial charge in [-0.3, -0.25) is 4.79 Å². The second kappa shape index (κ2) is 9.00. The van der Waals surface area contributed by atoms with Gasteiger partial charge in [0.15, 0.2) is 0 Å². The molecule has 1 unspecified atom stereocenters. The van der Waals surface area contributed by atoms with E-state index >= 15 is 0 Å². The second-order valence-electron chi connectivity index (χ2n) is 7.66. The van der Waals surface area contributed by atoms with Crippen molar-refractivity contribution in [2.45, 2.75) is 18.9 Å². The third-order valence-corrected chi connectivity index (χ3v) is 5.95. The highest BCUT2D eigenvalue weighted by Crippen LogP contribution is 2.35. The van der Waals surface area contributed by atoms with Crippen LogP contribution in [0.1, 0.15) is 33.1 Å². The van der Waals surface area contributed by atoms with E-state index in [1.165, 1.54) is 11.1 Å². The molecule has 4 N–H and O–H groups in total. The van der Waals surface area contributed by atoms with E-state index in [1.54, 1.807) is 30.3 Å². The lowest BCUT2D eigenvalue weighted by atomic mass is 9.90. The second-order valence-corrected chi connectivity index (χ2v) is 8.53. The highest BCUT2D eigenvalue weighted by molar-refractivity contribution is 6.35. The third kappa shape index (κ3) is 5.01. The molecule has 0 radical (unpaired) electrons. The largest absolute Gasteiger partial charge is 0.366 e. The summed E-state index contributed by atoms with van der Waals surface area (Å²) in [6, 6.07) is 19.6. The number of benzene rings is 3. The van der Waals surface area contributed by atoms with E-state index in [1.807, 2.05) is 24.3 Å². The Balaban J connectivity index is 1.57. The lowest BCUT2D eigenvalue weighted by Gasteiger charge is -2.26. The van der Waals surface area contributed by atoms with Crippen LogP contribution in [0, 0.1) is 5.92 Å². The van der Waals surface area contributed by atoms with Crippen molar-refractivity contribution in [2.24, 2.45) is 11.7 Å². The van der Waals surface area contributed by atoms with Crippen molar-refractivity contribution in [3.8, 4) is 0 Å². The number of anilines is 1. The molecule has 5 nitrogen and oxygen atoms in total. The van der Waals surface area contributed by atoms with Crippen LogP contribution < -0.4 is 16.4 Å². The zero-order valence-corrected chi connectivity index (χ0v) is 18.1. The van der Waals surface area contributed by atoms with Gasteiger partial charge in [0.1, 0.15) is 0 Å². The van der Waals surface area contributed by atoms with Crippen molar-refractivity contribution in [1.82, 2.24) is 5.32 Å². The van der Waals surface area contributed by atoms with Crippen LogP contribution >= 0.6 is 23.2 Å². The Morgan fingerprint density at radius 2 is 1.48 bits per heavy atom. The van der Waals surface area contributed by atoms with E-state index in [2.05, 4.69) is 22.8 Å². The monoisotopic (exact) mass is 453 g/mol. The van der Waals surface area contributed by atoms with Crippen LogP contribution in [0.4, 0.5) is 10.5 Å². The molecule has 3 aromatic carbocycles. The summed E-state index contributed by atoms with van der Waals surface area (Å²) in [6.07, 6.45) is 1.70. The number of fused-ring (bicyclic) bond motifs is 1. The molecular formula is C24H21Cl2N3O2. The van der Waals surface area contributed by atoms with Crippen molar-refractivity contribution in [2.75, 3.05) is 5.32 Å². The zero-order chi connectivity index (χ0) is 22.0. The zero-order valence-electron chi connectivity index (χ0n) is 16.6. The van der Waals surface area contributed by atoms with Crippen LogP contribution in [0.5, 0.6) is 0 Å². The molecule has 0 spiro atoms. The smallest absolute Gasteiger partial charge is 0.319 e. The number of hydrogen-bond donors (Lipinski definition) is 3. The summed E-state index contributed by atoms with van der Waals surface area (Å²) < 4.78 is 0. The molecule has 4 rings (SSSR count). The number of nitrogens with one attached hydrogen (secondary N) is 2. The molecule has 1 aliphatic rings. The molecule has 158 valence electrons. The van der Waals surface area contributed by atoms with Crippen molar-refractivity contribution in [1.29, 1.82) is 0 Å². The highest BCUT2D eigenvalue weighted by Gasteiger charge is 2.31. The average molecular weight is 454 g/mol. The van der Waals surface area contributed by atoms with E-state index in [9.17, 15) is 9.59 Å². The minimum Gasteiger partial charge on any atom is -0.366 e. The predicted molar refractivity (Wildman–Crippen MR) is 124 cm³/mol. The van der Waals surface area contributed by atoms with Crippen LogP contribution in [0.25, 0.3) is 0 Å². The molecule has 7 heteroatoms. The van der Waals surface area contributed by atoms with Crippen LogP contribution in [-0.4, -0.2) is 11.9 Å². The highest BCUT2D eigenvalue weighted by atomic mass is 35.5. The summed E-state index contributed by atoms with van der Waals surface area (Å²) >= 11 is 12.1. The summed E-state index contributed by atoms with van der Waals surface area (Å²) in [4.78, 5) is 24.3. The maximum absolute atomic E-state index is 12.8. The molecule has 0 saturated carbocycles. The first-order valence-electron chi connectivity index (χ1n) is 9.89. The van der Waals surface area contributed by atoms with Gasteiger partial charge in [-0.1, -0.05) is 59.6 Å². The SMILES string of the molecule is NC(=O)c1ccc(C(NC(=O)Nc2cc(Cl)cc(Cl)c2)C2Cc3ccccc3C2)cc1. The fraction of sp³-hybridized carbons (Fsp3) is 0.167. The van der Waals surface area contributed by atoms with Crippen LogP contribution in [-0.2, 0) is 12.8 Å². The number of nitrogens with two attached hydrogens (primary N) is 1. The molecular weight excluding hydrogens is 433 g/mol. The van der Waals surface area contributed by atoms with E-state index in [4.69, 9.17) is 28.9 Å². The van der Waals surface area contributed by atoms with Gasteiger partial charge in [0.05, 0.1) is 6.04 Å². The van der Waals surface area contributed by atoms with E-state index in [0.717, 1.165) is 18.4 Å². The minimum atomic E-state index is -0.486. The predicted octanol–water partition coefficient (Wildman–Crippen LogP) is 5.37. The van der Waals surface area contributed by atoms with Gasteiger partial charge in [0.2, 0.25) is 5.91 Å². The maximum Gasteiger partial charge on any atom is 0.319 e. The number of primary amides is 1. The quantitative estimate of drug-likeness (QED) is 0.484. The Kier molecular flexibility index (Phi) is 6.16. The number of carbonyl (C=O) groups is 2. The molecule has 3 amide bonds. The lowest BCUT2D eigenvalue weighted by molar-refractivity contribution is 0.1000. The molecule has 1 aliphatic carbocycles. The minimum absolute atomic E-state index is 0.172. The summed E-state index contributed by atoms with van der Waals surface area (Å²) in [6.45, 7) is 0. The molecule has 0 heterocycles. The number of halogens is 2. The Hall–Kier alpha value is -3.02. The summed E-state index contributed by atoms with van der Waals surface area (Å²) in [7, 11) is 0.